The Labute approximate surface area is 206 Å². The van der Waals surface area contributed by atoms with E-state index in [0.29, 0.717) is 27.0 Å². The molecular formula is C25H24BN3O7. The summed E-state index contributed by atoms with van der Waals surface area (Å²) < 4.78 is 12.4. The molecule has 184 valence electrons. The predicted octanol–water partition coefficient (Wildman–Crippen LogP) is 2.11. The lowest BCUT2D eigenvalue weighted by Gasteiger charge is -2.32. The van der Waals surface area contributed by atoms with Crippen molar-refractivity contribution in [1.82, 2.24) is 15.0 Å². The van der Waals surface area contributed by atoms with Gasteiger partial charge in [0.1, 0.15) is 5.82 Å². The Bertz CT molecular complexity index is 1450. The van der Waals surface area contributed by atoms with E-state index in [9.17, 15) is 19.2 Å². The highest BCUT2D eigenvalue weighted by atomic mass is 16.7. The van der Waals surface area contributed by atoms with Crippen molar-refractivity contribution >= 4 is 41.3 Å². The largest absolute Gasteiger partial charge is 0.495 e. The standard InChI is InChI=1S/C25H24BN3O7/c1-24(2)25(3,4)36-26(35-24)17-10-9-14(23(33)34-29-19(30)11-12-20(29)31)13-16(17)21-27-18-8-6-5-7-15(18)22(32)28-21/h5-10,13H,11-12H2,1-4H3,(H,27,28,32). The number of carbonyl (C=O) groups excluding carboxylic acids is 3. The fraction of sp³-hybridized carbons (Fsp3) is 0.320. The zero-order valence-corrected chi connectivity index (χ0v) is 20.3. The second-order valence-electron chi connectivity index (χ2n) is 9.78. The molecular weight excluding hydrogens is 465 g/mol. The molecule has 2 aliphatic heterocycles. The lowest BCUT2D eigenvalue weighted by Crippen LogP contribution is -2.41. The summed E-state index contributed by atoms with van der Waals surface area (Å²) in [7, 11) is -0.811. The number of fused-ring (bicyclic) bond motifs is 1. The Hall–Kier alpha value is -3.83. The number of para-hydroxylation sites is 1. The van der Waals surface area contributed by atoms with E-state index in [2.05, 4.69) is 9.97 Å². The van der Waals surface area contributed by atoms with Crippen molar-refractivity contribution in [2.75, 3.05) is 0 Å². The first-order valence-electron chi connectivity index (χ1n) is 11.5. The van der Waals surface area contributed by atoms with Gasteiger partial charge in [-0.2, -0.15) is 0 Å². The summed E-state index contributed by atoms with van der Waals surface area (Å²) in [5, 5.41) is 0.903. The van der Waals surface area contributed by atoms with Crippen molar-refractivity contribution in [3.8, 4) is 11.4 Å². The van der Waals surface area contributed by atoms with Gasteiger partial charge in [-0.1, -0.05) is 18.2 Å². The van der Waals surface area contributed by atoms with E-state index in [-0.39, 0.29) is 29.8 Å². The van der Waals surface area contributed by atoms with Crippen molar-refractivity contribution in [2.24, 2.45) is 0 Å². The van der Waals surface area contributed by atoms with E-state index in [1.807, 2.05) is 27.7 Å². The molecule has 0 atom stereocenters. The predicted molar refractivity (Wildman–Crippen MR) is 130 cm³/mol. The highest BCUT2D eigenvalue weighted by Crippen LogP contribution is 2.37. The van der Waals surface area contributed by atoms with E-state index >= 15 is 0 Å². The monoisotopic (exact) mass is 489 g/mol. The highest BCUT2D eigenvalue weighted by Gasteiger charge is 2.52. The van der Waals surface area contributed by atoms with E-state index in [0.717, 1.165) is 0 Å². The lowest BCUT2D eigenvalue weighted by atomic mass is 9.75. The average molecular weight is 489 g/mol. The quantitative estimate of drug-likeness (QED) is 0.436. The number of aromatic amines is 1. The van der Waals surface area contributed by atoms with Gasteiger partial charge < -0.3 is 19.1 Å². The number of aromatic nitrogens is 2. The minimum Gasteiger partial charge on any atom is -0.399 e. The summed E-state index contributed by atoms with van der Waals surface area (Å²) in [6.07, 6.45) is -0.0268. The van der Waals surface area contributed by atoms with Crippen LogP contribution in [0.4, 0.5) is 0 Å². The van der Waals surface area contributed by atoms with Crippen LogP contribution in [0.15, 0.2) is 47.3 Å². The Morgan fingerprint density at radius 1 is 1.00 bits per heavy atom. The van der Waals surface area contributed by atoms with E-state index < -0.39 is 36.1 Å². The normalized spacial score (nSPS) is 18.8. The molecule has 0 spiro atoms. The van der Waals surface area contributed by atoms with Crippen LogP contribution in [0.3, 0.4) is 0 Å². The van der Waals surface area contributed by atoms with Crippen LogP contribution < -0.4 is 11.0 Å². The summed E-state index contributed by atoms with van der Waals surface area (Å²) in [5.41, 5.74) is -0.176. The second-order valence-corrected chi connectivity index (χ2v) is 9.78. The zero-order chi connectivity index (χ0) is 25.8. The van der Waals surface area contributed by atoms with Gasteiger partial charge in [0, 0.05) is 18.4 Å². The zero-order valence-electron chi connectivity index (χ0n) is 20.3. The molecule has 0 aliphatic carbocycles. The summed E-state index contributed by atoms with van der Waals surface area (Å²) in [6.45, 7) is 7.66. The molecule has 11 heteroatoms. The molecule has 2 saturated heterocycles. The molecule has 3 aromatic rings. The first-order chi connectivity index (χ1) is 17.0. The highest BCUT2D eigenvalue weighted by molar-refractivity contribution is 6.63. The number of nitrogens with zero attached hydrogens (tertiary/aromatic N) is 2. The van der Waals surface area contributed by atoms with Gasteiger partial charge in [-0.05, 0) is 57.4 Å². The van der Waals surface area contributed by atoms with Gasteiger partial charge in [0.25, 0.3) is 17.4 Å². The molecule has 0 bridgehead atoms. The number of nitrogens with one attached hydrogen (secondary N) is 1. The average Bonchev–Trinajstić information content (AvgIpc) is 3.26. The molecule has 0 radical (unpaired) electrons. The van der Waals surface area contributed by atoms with Crippen molar-refractivity contribution in [1.29, 1.82) is 0 Å². The third kappa shape index (κ3) is 4.00. The van der Waals surface area contributed by atoms with Gasteiger partial charge in [-0.25, -0.2) is 9.78 Å². The number of H-pyrrole nitrogens is 1. The maximum atomic E-state index is 12.9. The van der Waals surface area contributed by atoms with Gasteiger partial charge >= 0.3 is 13.1 Å². The van der Waals surface area contributed by atoms with Gasteiger partial charge in [-0.3, -0.25) is 14.4 Å². The van der Waals surface area contributed by atoms with Crippen LogP contribution in [-0.2, 0) is 23.7 Å². The minimum atomic E-state index is -0.900. The lowest BCUT2D eigenvalue weighted by molar-refractivity contribution is -0.172. The van der Waals surface area contributed by atoms with Gasteiger partial charge in [0.05, 0.1) is 27.7 Å². The van der Waals surface area contributed by atoms with Crippen molar-refractivity contribution in [2.45, 2.75) is 51.7 Å². The Morgan fingerprint density at radius 2 is 1.64 bits per heavy atom. The number of carbonyl (C=O) groups is 3. The molecule has 1 aromatic heterocycles. The second kappa shape index (κ2) is 8.39. The maximum Gasteiger partial charge on any atom is 0.495 e. The molecule has 2 amide bonds. The first kappa shape index (κ1) is 23.9. The van der Waals surface area contributed by atoms with Crippen LogP contribution in [0.2, 0.25) is 0 Å². The first-order valence-corrected chi connectivity index (χ1v) is 11.5. The molecule has 1 N–H and O–H groups in total. The molecule has 5 rings (SSSR count). The van der Waals surface area contributed by atoms with Crippen LogP contribution in [0, 0.1) is 0 Å². The Kier molecular flexibility index (Phi) is 5.57. The van der Waals surface area contributed by atoms with Crippen LogP contribution in [-0.4, -0.2) is 51.1 Å². The maximum absolute atomic E-state index is 12.9. The number of hydroxylamine groups is 2. The summed E-state index contributed by atoms with van der Waals surface area (Å²) >= 11 is 0. The van der Waals surface area contributed by atoms with E-state index in [1.54, 1.807) is 30.3 Å². The van der Waals surface area contributed by atoms with Crippen molar-refractivity contribution in [3.05, 3.63) is 58.4 Å². The SMILES string of the molecule is CC1(C)OB(c2ccc(C(=O)ON3C(=O)CCC3=O)cc2-c2nc3ccccc3c(=O)[nH]2)OC1(C)C. The molecule has 0 unspecified atom stereocenters. The molecule has 2 fully saturated rings. The number of amides is 2. The van der Waals surface area contributed by atoms with Crippen LogP contribution >= 0.6 is 0 Å². The number of benzene rings is 2. The summed E-state index contributed by atoms with van der Waals surface area (Å²) in [6, 6.07) is 11.5. The number of hydrogen-bond donors (Lipinski definition) is 1. The Morgan fingerprint density at radius 3 is 2.31 bits per heavy atom. The fourth-order valence-corrected chi connectivity index (χ4v) is 4.07. The number of rotatable bonds is 4. The van der Waals surface area contributed by atoms with Crippen molar-refractivity contribution < 1.29 is 28.5 Å². The van der Waals surface area contributed by atoms with Gasteiger partial charge in [-0.15, -0.1) is 5.06 Å². The van der Waals surface area contributed by atoms with E-state index in [4.69, 9.17) is 14.1 Å². The molecule has 2 aliphatic rings. The molecule has 2 aromatic carbocycles. The molecule has 0 saturated carbocycles. The fourth-order valence-electron chi connectivity index (χ4n) is 4.07. The minimum absolute atomic E-state index is 0.0134. The van der Waals surface area contributed by atoms with Gasteiger partial charge in [0.15, 0.2) is 0 Å². The van der Waals surface area contributed by atoms with Crippen LogP contribution in [0.5, 0.6) is 0 Å². The number of hydrogen-bond acceptors (Lipinski definition) is 8. The van der Waals surface area contributed by atoms with Crippen LogP contribution in [0.25, 0.3) is 22.3 Å². The third-order valence-electron chi connectivity index (χ3n) is 6.84. The molecule has 3 heterocycles. The molecule has 10 nitrogen and oxygen atoms in total. The number of imide groups is 1. The van der Waals surface area contributed by atoms with Crippen molar-refractivity contribution in [3.63, 3.8) is 0 Å². The smallest absolute Gasteiger partial charge is 0.399 e. The summed E-state index contributed by atoms with van der Waals surface area (Å²) in [5.74, 6) is -1.86. The summed E-state index contributed by atoms with van der Waals surface area (Å²) in [4.78, 5) is 61.9. The van der Waals surface area contributed by atoms with Gasteiger partial charge in [0.2, 0.25) is 0 Å². The van der Waals surface area contributed by atoms with E-state index in [1.165, 1.54) is 12.1 Å². The topological polar surface area (TPSA) is 128 Å². The molecule has 36 heavy (non-hydrogen) atoms. The van der Waals surface area contributed by atoms with Crippen LogP contribution in [0.1, 0.15) is 50.9 Å². The Balaban J connectivity index is 1.61. The third-order valence-corrected chi connectivity index (χ3v) is 6.84.